The second-order valence-electron chi connectivity index (χ2n) is 7.58. The van der Waals surface area contributed by atoms with E-state index in [1.165, 1.54) is 36.4 Å². The average molecular weight is 395 g/mol. The third-order valence-electron chi connectivity index (χ3n) is 5.60. The third-order valence-corrected chi connectivity index (χ3v) is 7.49. The van der Waals surface area contributed by atoms with Crippen molar-refractivity contribution in [3.8, 4) is 0 Å². The minimum atomic E-state index is -3.56. The number of nitrogens with zero attached hydrogens (tertiary/aromatic N) is 1. The molecule has 3 rings (SSSR count). The minimum absolute atomic E-state index is 0.0374. The maximum absolute atomic E-state index is 12.8. The minimum Gasteiger partial charge on any atom is -0.379 e. The molecule has 0 aromatic heterocycles. The highest BCUT2D eigenvalue weighted by atomic mass is 32.2. The molecule has 0 atom stereocenters. The molecule has 1 aliphatic carbocycles. The summed E-state index contributed by atoms with van der Waals surface area (Å²) in [6.45, 7) is 3.42. The van der Waals surface area contributed by atoms with Gasteiger partial charge in [-0.2, -0.15) is 4.31 Å². The van der Waals surface area contributed by atoms with Gasteiger partial charge in [0.15, 0.2) is 0 Å². The summed E-state index contributed by atoms with van der Waals surface area (Å²) in [4.78, 5) is 12.6. The van der Waals surface area contributed by atoms with Gasteiger partial charge in [-0.1, -0.05) is 38.2 Å². The predicted octanol–water partition coefficient (Wildman–Crippen LogP) is 3.31. The van der Waals surface area contributed by atoms with Gasteiger partial charge in [-0.05, 0) is 37.0 Å². The number of nitrogens with one attached hydrogen (secondary N) is 1. The van der Waals surface area contributed by atoms with Gasteiger partial charge in [0.1, 0.15) is 0 Å². The Hall–Kier alpha value is -1.44. The molecule has 1 saturated carbocycles. The normalized spacial score (nSPS) is 19.7. The fraction of sp³-hybridized carbons (Fsp3) is 0.650. The van der Waals surface area contributed by atoms with Crippen LogP contribution in [0.1, 0.15) is 50.5 Å². The molecule has 1 saturated heterocycles. The third kappa shape index (κ3) is 5.30. The van der Waals surface area contributed by atoms with E-state index < -0.39 is 10.0 Å². The van der Waals surface area contributed by atoms with E-state index in [4.69, 9.17) is 4.74 Å². The van der Waals surface area contributed by atoms with Gasteiger partial charge in [-0.3, -0.25) is 4.79 Å². The molecule has 1 aromatic carbocycles. The standard InChI is InChI=1S/C20H30N2O4S/c1-16-7-9-18(27(24,25)22-11-13-26-14-12-22)15-19(16)21-20(23)10-8-17-5-3-2-4-6-17/h7,9,15,17H,2-6,8,10-14H2,1H3,(H,21,23). The highest BCUT2D eigenvalue weighted by Gasteiger charge is 2.27. The maximum atomic E-state index is 12.8. The molecule has 0 radical (unpaired) electrons. The van der Waals surface area contributed by atoms with E-state index in [-0.39, 0.29) is 10.8 Å². The number of ether oxygens (including phenoxy) is 1. The number of morpholine rings is 1. The largest absolute Gasteiger partial charge is 0.379 e. The van der Waals surface area contributed by atoms with Crippen LogP contribution in [0, 0.1) is 12.8 Å². The number of aryl methyl sites for hydroxylation is 1. The molecule has 0 bridgehead atoms. The molecule has 1 N–H and O–H groups in total. The van der Waals surface area contributed by atoms with E-state index in [1.54, 1.807) is 18.2 Å². The van der Waals surface area contributed by atoms with Gasteiger partial charge in [0.2, 0.25) is 15.9 Å². The van der Waals surface area contributed by atoms with Gasteiger partial charge in [0.05, 0.1) is 18.1 Å². The summed E-state index contributed by atoms with van der Waals surface area (Å²) in [6, 6.07) is 4.94. The molecule has 150 valence electrons. The SMILES string of the molecule is Cc1ccc(S(=O)(=O)N2CCOCC2)cc1NC(=O)CCC1CCCCC1. The quantitative estimate of drug-likeness (QED) is 0.803. The van der Waals surface area contributed by atoms with E-state index in [9.17, 15) is 13.2 Å². The van der Waals surface area contributed by atoms with Crippen molar-refractivity contribution in [3.63, 3.8) is 0 Å². The Bertz CT molecular complexity index is 751. The predicted molar refractivity (Wildman–Crippen MR) is 105 cm³/mol. The van der Waals surface area contributed by atoms with Gasteiger partial charge in [-0.25, -0.2) is 8.42 Å². The van der Waals surface area contributed by atoms with E-state index in [2.05, 4.69) is 5.32 Å². The van der Waals surface area contributed by atoms with Gasteiger partial charge >= 0.3 is 0 Å². The van der Waals surface area contributed by atoms with Crippen LogP contribution in [0.3, 0.4) is 0 Å². The zero-order valence-electron chi connectivity index (χ0n) is 16.1. The highest BCUT2D eigenvalue weighted by Crippen LogP contribution is 2.28. The van der Waals surface area contributed by atoms with Crippen molar-refractivity contribution in [3.05, 3.63) is 23.8 Å². The smallest absolute Gasteiger partial charge is 0.243 e. The zero-order chi connectivity index (χ0) is 19.3. The molecule has 2 aliphatic rings. The summed E-state index contributed by atoms with van der Waals surface area (Å²) in [6.07, 6.45) is 7.70. The molecule has 1 heterocycles. The summed E-state index contributed by atoms with van der Waals surface area (Å²) in [5.41, 5.74) is 1.44. The summed E-state index contributed by atoms with van der Waals surface area (Å²) in [5, 5.41) is 2.92. The summed E-state index contributed by atoms with van der Waals surface area (Å²) >= 11 is 0. The highest BCUT2D eigenvalue weighted by molar-refractivity contribution is 7.89. The first-order valence-corrected chi connectivity index (χ1v) is 11.4. The Labute approximate surface area is 162 Å². The number of amides is 1. The molecule has 2 fully saturated rings. The Balaban J connectivity index is 1.64. The first kappa shape index (κ1) is 20.3. The van der Waals surface area contributed by atoms with Crippen molar-refractivity contribution in [1.29, 1.82) is 0 Å². The molecular weight excluding hydrogens is 364 g/mol. The molecule has 1 aromatic rings. The first-order chi connectivity index (χ1) is 13.0. The van der Waals surface area contributed by atoms with Crippen LogP contribution in [-0.2, 0) is 19.6 Å². The number of hydrogen-bond acceptors (Lipinski definition) is 4. The van der Waals surface area contributed by atoms with Crippen molar-refractivity contribution in [1.82, 2.24) is 4.31 Å². The number of benzene rings is 1. The van der Waals surface area contributed by atoms with E-state index in [1.807, 2.05) is 6.92 Å². The van der Waals surface area contributed by atoms with Crippen molar-refractivity contribution in [2.75, 3.05) is 31.6 Å². The van der Waals surface area contributed by atoms with Crippen molar-refractivity contribution in [2.45, 2.75) is 56.8 Å². The summed E-state index contributed by atoms with van der Waals surface area (Å²) < 4.78 is 32.3. The molecule has 0 unspecified atom stereocenters. The lowest BCUT2D eigenvalue weighted by molar-refractivity contribution is -0.116. The Kier molecular flexibility index (Phi) is 6.89. The maximum Gasteiger partial charge on any atom is 0.243 e. The van der Waals surface area contributed by atoms with E-state index in [0.717, 1.165) is 12.0 Å². The van der Waals surface area contributed by atoms with Crippen molar-refractivity contribution >= 4 is 21.6 Å². The van der Waals surface area contributed by atoms with Crippen LogP contribution in [0.25, 0.3) is 0 Å². The van der Waals surface area contributed by atoms with Gasteiger partial charge in [-0.15, -0.1) is 0 Å². The zero-order valence-corrected chi connectivity index (χ0v) is 16.9. The number of anilines is 1. The summed E-state index contributed by atoms with van der Waals surface area (Å²) in [7, 11) is -3.56. The molecule has 1 aliphatic heterocycles. The molecule has 1 amide bonds. The topological polar surface area (TPSA) is 75.7 Å². The first-order valence-electron chi connectivity index (χ1n) is 9.95. The van der Waals surface area contributed by atoms with Crippen LogP contribution in [0.2, 0.25) is 0 Å². The van der Waals surface area contributed by atoms with Crippen LogP contribution in [0.15, 0.2) is 23.1 Å². The second kappa shape index (κ2) is 9.17. The molecular formula is C20H30N2O4S. The molecule has 27 heavy (non-hydrogen) atoms. The van der Waals surface area contributed by atoms with Crippen LogP contribution < -0.4 is 5.32 Å². The lowest BCUT2D eigenvalue weighted by Crippen LogP contribution is -2.40. The van der Waals surface area contributed by atoms with Crippen LogP contribution >= 0.6 is 0 Å². The van der Waals surface area contributed by atoms with Crippen LogP contribution in [-0.4, -0.2) is 44.9 Å². The van der Waals surface area contributed by atoms with Crippen LogP contribution in [0.4, 0.5) is 5.69 Å². The lowest BCUT2D eigenvalue weighted by atomic mass is 9.86. The second-order valence-corrected chi connectivity index (χ2v) is 9.52. The Morgan fingerprint density at radius 3 is 2.59 bits per heavy atom. The van der Waals surface area contributed by atoms with E-state index in [0.29, 0.717) is 44.3 Å². The number of rotatable bonds is 6. The molecule has 0 spiro atoms. The fourth-order valence-corrected chi connectivity index (χ4v) is 5.29. The number of carbonyl (C=O) groups is 1. The number of sulfonamides is 1. The molecule has 7 heteroatoms. The number of carbonyl (C=O) groups excluding carboxylic acids is 1. The van der Waals surface area contributed by atoms with Gasteiger partial charge in [0.25, 0.3) is 0 Å². The number of hydrogen-bond donors (Lipinski definition) is 1. The van der Waals surface area contributed by atoms with E-state index >= 15 is 0 Å². The molecule has 6 nitrogen and oxygen atoms in total. The summed E-state index contributed by atoms with van der Waals surface area (Å²) in [5.74, 6) is 0.614. The average Bonchev–Trinajstić information content (AvgIpc) is 2.69. The van der Waals surface area contributed by atoms with Crippen LogP contribution in [0.5, 0.6) is 0 Å². The van der Waals surface area contributed by atoms with Gasteiger partial charge < -0.3 is 10.1 Å². The fourth-order valence-electron chi connectivity index (χ4n) is 3.86. The Morgan fingerprint density at radius 1 is 1.19 bits per heavy atom. The van der Waals surface area contributed by atoms with Gasteiger partial charge in [0, 0.05) is 25.2 Å². The van der Waals surface area contributed by atoms with Crippen molar-refractivity contribution < 1.29 is 17.9 Å². The lowest BCUT2D eigenvalue weighted by Gasteiger charge is -2.26. The van der Waals surface area contributed by atoms with Crippen molar-refractivity contribution in [2.24, 2.45) is 5.92 Å². The Morgan fingerprint density at radius 2 is 1.89 bits per heavy atom. The monoisotopic (exact) mass is 394 g/mol.